The molecule has 1 aromatic rings. The first-order valence-electron chi connectivity index (χ1n) is 8.51. The number of aliphatic hydroxyl groups excluding tert-OH is 3. The number of hydrogen-bond acceptors (Lipinski definition) is 10. The lowest BCUT2D eigenvalue weighted by molar-refractivity contribution is -0.271. The van der Waals surface area contributed by atoms with E-state index in [4.69, 9.17) is 19.3 Å². The number of carbonyl (C=O) groups excluding carboxylic acids is 1. The predicted molar refractivity (Wildman–Crippen MR) is 87.5 cm³/mol. The molecule has 2 heterocycles. The van der Waals surface area contributed by atoms with Gasteiger partial charge in [0.25, 0.3) is 0 Å². The Kier molecular flexibility index (Phi) is 5.61. The third-order valence-electron chi connectivity index (χ3n) is 4.60. The number of phenolic OH excluding ortho intramolecular Hbond substituents is 2. The number of aromatic hydroxyl groups is 2. The van der Waals surface area contributed by atoms with Crippen molar-refractivity contribution in [3.63, 3.8) is 0 Å². The minimum absolute atomic E-state index is 0.225. The van der Waals surface area contributed by atoms with Gasteiger partial charge in [0.15, 0.2) is 17.6 Å². The summed E-state index contributed by atoms with van der Waals surface area (Å²) in [6.45, 7) is 0. The van der Waals surface area contributed by atoms with Crippen molar-refractivity contribution in [3.05, 3.63) is 17.7 Å². The Morgan fingerprint density at radius 3 is 2.46 bits per heavy atom. The highest BCUT2D eigenvalue weighted by Crippen LogP contribution is 2.39. The summed E-state index contributed by atoms with van der Waals surface area (Å²) in [6, 6.07) is 2.54. The molecule has 6 N–H and O–H groups in total. The average Bonchev–Trinajstić information content (AvgIpc) is 3.03. The van der Waals surface area contributed by atoms with Crippen LogP contribution >= 0.6 is 0 Å². The number of cyclic esters (lactones) is 1. The molecule has 6 atom stereocenters. The van der Waals surface area contributed by atoms with E-state index in [1.807, 2.05) is 0 Å². The fraction of sp³-hybridized carbons (Fsp3) is 0.529. The number of aliphatic carboxylic acids is 1. The number of aliphatic hydroxyl groups is 3. The van der Waals surface area contributed by atoms with Crippen molar-refractivity contribution in [2.24, 2.45) is 0 Å². The van der Waals surface area contributed by atoms with Crippen molar-refractivity contribution in [1.29, 1.82) is 0 Å². The van der Waals surface area contributed by atoms with Crippen LogP contribution in [0.3, 0.4) is 0 Å². The molecule has 0 saturated carbocycles. The molecule has 11 nitrogen and oxygen atoms in total. The first kappa shape index (κ1) is 20.1. The molecule has 2 aliphatic rings. The fourth-order valence-corrected chi connectivity index (χ4v) is 3.12. The number of carboxylic acid groups (broad SMARTS) is 1. The molecule has 0 radical (unpaired) electrons. The van der Waals surface area contributed by atoms with Gasteiger partial charge in [-0.1, -0.05) is 0 Å². The summed E-state index contributed by atoms with van der Waals surface area (Å²) < 4.78 is 15.4. The molecule has 2 aliphatic heterocycles. The molecule has 11 heteroatoms. The van der Waals surface area contributed by atoms with E-state index in [1.54, 1.807) is 0 Å². The maximum absolute atomic E-state index is 11.2. The molecule has 0 aliphatic carbocycles. The van der Waals surface area contributed by atoms with Crippen LogP contribution in [0.25, 0.3) is 0 Å². The van der Waals surface area contributed by atoms with E-state index < -0.39 is 54.3 Å². The molecular formula is C17H20O11. The van der Waals surface area contributed by atoms with Crippen LogP contribution in [0.4, 0.5) is 0 Å². The lowest BCUT2D eigenvalue weighted by atomic mass is 9.99. The highest BCUT2D eigenvalue weighted by molar-refractivity contribution is 5.73. The van der Waals surface area contributed by atoms with Crippen molar-refractivity contribution in [3.8, 4) is 17.2 Å². The molecule has 154 valence electrons. The summed E-state index contributed by atoms with van der Waals surface area (Å²) in [7, 11) is 0. The van der Waals surface area contributed by atoms with Crippen LogP contribution in [0.1, 0.15) is 18.4 Å². The third kappa shape index (κ3) is 3.97. The summed E-state index contributed by atoms with van der Waals surface area (Å²) in [5, 5.41) is 58.5. The van der Waals surface area contributed by atoms with Gasteiger partial charge in [-0.2, -0.15) is 0 Å². The highest BCUT2D eigenvalue weighted by atomic mass is 16.7. The summed E-state index contributed by atoms with van der Waals surface area (Å²) >= 11 is 0. The minimum atomic E-state index is -1.89. The van der Waals surface area contributed by atoms with Crippen LogP contribution in [0.5, 0.6) is 17.2 Å². The molecule has 2 unspecified atom stereocenters. The van der Waals surface area contributed by atoms with Gasteiger partial charge in [0.1, 0.15) is 24.4 Å². The fourth-order valence-electron chi connectivity index (χ4n) is 3.12. The van der Waals surface area contributed by atoms with Gasteiger partial charge in [-0.05, 0) is 24.1 Å². The summed E-state index contributed by atoms with van der Waals surface area (Å²) in [6.07, 6.45) is -8.63. The number of hydrogen-bond donors (Lipinski definition) is 6. The Balaban J connectivity index is 1.80. The molecule has 1 aromatic carbocycles. The molecule has 2 saturated heterocycles. The molecule has 0 aromatic heterocycles. The predicted octanol–water partition coefficient (Wildman–Crippen LogP) is -1.38. The summed E-state index contributed by atoms with van der Waals surface area (Å²) in [5.41, 5.74) is 0.436. The van der Waals surface area contributed by atoms with E-state index in [9.17, 15) is 35.1 Å². The monoisotopic (exact) mass is 400 g/mol. The second-order valence-corrected chi connectivity index (χ2v) is 6.67. The van der Waals surface area contributed by atoms with Gasteiger partial charge < -0.3 is 44.8 Å². The van der Waals surface area contributed by atoms with Gasteiger partial charge in [-0.15, -0.1) is 0 Å². The Bertz CT molecular complexity index is 764. The molecule has 3 rings (SSSR count). The highest BCUT2D eigenvalue weighted by Gasteiger charge is 2.48. The van der Waals surface area contributed by atoms with Crippen LogP contribution in [-0.2, 0) is 25.5 Å². The molecule has 28 heavy (non-hydrogen) atoms. The summed E-state index contributed by atoms with van der Waals surface area (Å²) in [4.78, 5) is 22.3. The lowest BCUT2D eigenvalue weighted by Gasteiger charge is -2.38. The van der Waals surface area contributed by atoms with Gasteiger partial charge in [0.05, 0.1) is 0 Å². The van der Waals surface area contributed by atoms with E-state index in [1.165, 1.54) is 12.1 Å². The molecule has 0 amide bonds. The van der Waals surface area contributed by atoms with Gasteiger partial charge in [0, 0.05) is 12.8 Å². The van der Waals surface area contributed by atoms with Crippen LogP contribution < -0.4 is 4.74 Å². The first-order valence-corrected chi connectivity index (χ1v) is 8.51. The Hall–Kier alpha value is -2.60. The van der Waals surface area contributed by atoms with E-state index in [-0.39, 0.29) is 24.6 Å². The van der Waals surface area contributed by atoms with Gasteiger partial charge in [-0.3, -0.25) is 4.79 Å². The smallest absolute Gasteiger partial charge is 0.335 e. The number of phenols is 2. The van der Waals surface area contributed by atoms with Crippen LogP contribution in [0.2, 0.25) is 0 Å². The van der Waals surface area contributed by atoms with Crippen LogP contribution in [-0.4, -0.2) is 79.4 Å². The second-order valence-electron chi connectivity index (χ2n) is 6.67. The Morgan fingerprint density at radius 1 is 1.14 bits per heavy atom. The minimum Gasteiger partial charge on any atom is -0.504 e. The second kappa shape index (κ2) is 7.80. The third-order valence-corrected chi connectivity index (χ3v) is 4.60. The normalized spacial score (nSPS) is 32.8. The SMILES string of the molecule is O=C1CCC(Cc2cc(O)c(O)c(OC3O[C@H](C(=O)O)[C@@H](O)[C@H](O)[C@H]3O)c2)O1. The zero-order valence-electron chi connectivity index (χ0n) is 14.5. The lowest BCUT2D eigenvalue weighted by Crippen LogP contribution is -2.61. The number of carbonyl (C=O) groups is 2. The molecule has 0 spiro atoms. The van der Waals surface area contributed by atoms with E-state index in [2.05, 4.69) is 0 Å². The largest absolute Gasteiger partial charge is 0.504 e. The number of ether oxygens (including phenoxy) is 3. The van der Waals surface area contributed by atoms with Crippen molar-refractivity contribution in [2.75, 3.05) is 0 Å². The Morgan fingerprint density at radius 2 is 1.86 bits per heavy atom. The zero-order chi connectivity index (χ0) is 20.6. The summed E-state index contributed by atoms with van der Waals surface area (Å²) in [5.74, 6) is -3.53. The van der Waals surface area contributed by atoms with Crippen molar-refractivity contribution < 1.29 is 54.4 Å². The first-order chi connectivity index (χ1) is 13.2. The van der Waals surface area contributed by atoms with Crippen LogP contribution in [0, 0.1) is 0 Å². The molecule has 2 fully saturated rings. The zero-order valence-corrected chi connectivity index (χ0v) is 14.5. The van der Waals surface area contributed by atoms with E-state index in [0.717, 1.165) is 0 Å². The van der Waals surface area contributed by atoms with Gasteiger partial charge in [-0.25, -0.2) is 4.79 Å². The number of carboxylic acids is 1. The van der Waals surface area contributed by atoms with Crippen LogP contribution in [0.15, 0.2) is 12.1 Å². The van der Waals surface area contributed by atoms with Gasteiger partial charge in [0.2, 0.25) is 12.0 Å². The number of benzene rings is 1. The van der Waals surface area contributed by atoms with Gasteiger partial charge >= 0.3 is 11.9 Å². The average molecular weight is 400 g/mol. The van der Waals surface area contributed by atoms with E-state index >= 15 is 0 Å². The Labute approximate surface area is 158 Å². The number of esters is 1. The van der Waals surface area contributed by atoms with Crippen molar-refractivity contribution in [1.82, 2.24) is 0 Å². The van der Waals surface area contributed by atoms with Crippen molar-refractivity contribution in [2.45, 2.75) is 56.1 Å². The number of rotatable bonds is 5. The topological polar surface area (TPSA) is 183 Å². The maximum Gasteiger partial charge on any atom is 0.335 e. The van der Waals surface area contributed by atoms with E-state index in [0.29, 0.717) is 12.0 Å². The standard InChI is InChI=1S/C17H20O11/c18-8-4-6(3-7-1-2-10(19)26-7)5-9(11(8)20)27-17-14(23)12(21)13(22)15(28-17)16(24)25/h4-5,7,12-15,17-18,20-23H,1-3H2,(H,24,25)/t7?,12-,13-,14+,15-,17?/m0/s1. The maximum atomic E-state index is 11.2. The molecular weight excluding hydrogens is 380 g/mol. The van der Waals surface area contributed by atoms with Crippen molar-refractivity contribution >= 4 is 11.9 Å². The molecule has 0 bridgehead atoms. The quantitative estimate of drug-likeness (QED) is 0.253.